The Bertz CT molecular complexity index is 796. The van der Waals surface area contributed by atoms with Crippen molar-refractivity contribution in [2.24, 2.45) is 0 Å². The van der Waals surface area contributed by atoms with E-state index in [1.165, 1.54) is 24.5 Å². The molecule has 0 atom stereocenters. The Morgan fingerprint density at radius 1 is 1.32 bits per heavy atom. The van der Waals surface area contributed by atoms with E-state index in [-0.39, 0.29) is 22.0 Å². The maximum Gasteiger partial charge on any atom is 0.265 e. The summed E-state index contributed by atoms with van der Waals surface area (Å²) in [6.07, 6.45) is 2.50. The predicted octanol–water partition coefficient (Wildman–Crippen LogP) is 0.349. The van der Waals surface area contributed by atoms with Gasteiger partial charge in [0.1, 0.15) is 22.6 Å². The number of sulfonamides is 1. The van der Waals surface area contributed by atoms with E-state index in [1.54, 1.807) is 12.1 Å². The third kappa shape index (κ3) is 2.36. The summed E-state index contributed by atoms with van der Waals surface area (Å²) in [5, 5.41) is 23.5. The summed E-state index contributed by atoms with van der Waals surface area (Å²) >= 11 is 0. The number of nitrogens with one attached hydrogen (secondary N) is 2. The quantitative estimate of drug-likeness (QED) is 0.828. The molecule has 0 aromatic carbocycles. The van der Waals surface area contributed by atoms with Crippen LogP contribution in [0.2, 0.25) is 0 Å². The Morgan fingerprint density at radius 2 is 2.11 bits per heavy atom. The molecule has 2 aromatic heterocycles. The lowest BCUT2D eigenvalue weighted by atomic mass is 10.4. The normalized spacial score (nSPS) is 10.4. The van der Waals surface area contributed by atoms with Crippen LogP contribution in [-0.2, 0) is 10.0 Å². The topological polar surface area (TPSA) is 135 Å². The number of nitrogens with zero attached hydrogens (tertiary/aromatic N) is 4. The third-order valence-corrected chi connectivity index (χ3v) is 3.54. The molecule has 0 saturated carbocycles. The summed E-state index contributed by atoms with van der Waals surface area (Å²) in [7, 11) is -4.02. The first-order valence-corrected chi connectivity index (χ1v) is 6.38. The SMILES string of the molecule is N#Cc1cn[nH]c1NS(=O)(=O)c1cccnc1C#N. The van der Waals surface area contributed by atoms with Gasteiger partial charge >= 0.3 is 0 Å². The number of pyridine rings is 1. The second-order valence-corrected chi connectivity index (χ2v) is 4.99. The molecule has 0 spiro atoms. The van der Waals surface area contributed by atoms with Gasteiger partial charge in [0.05, 0.1) is 6.20 Å². The van der Waals surface area contributed by atoms with Crippen LogP contribution in [0.3, 0.4) is 0 Å². The molecule has 0 aliphatic heterocycles. The van der Waals surface area contributed by atoms with Crippen LogP contribution < -0.4 is 4.72 Å². The average molecular weight is 274 g/mol. The second kappa shape index (κ2) is 4.76. The third-order valence-electron chi connectivity index (χ3n) is 2.16. The monoisotopic (exact) mass is 274 g/mol. The second-order valence-electron chi connectivity index (χ2n) is 3.34. The number of H-pyrrole nitrogens is 1. The zero-order valence-corrected chi connectivity index (χ0v) is 10.1. The lowest BCUT2D eigenvalue weighted by Gasteiger charge is -2.06. The lowest BCUT2D eigenvalue weighted by Crippen LogP contribution is -2.16. The van der Waals surface area contributed by atoms with Crippen molar-refractivity contribution < 1.29 is 8.42 Å². The highest BCUT2D eigenvalue weighted by molar-refractivity contribution is 7.92. The molecule has 94 valence electrons. The fourth-order valence-electron chi connectivity index (χ4n) is 1.33. The number of aromatic nitrogens is 3. The summed E-state index contributed by atoms with van der Waals surface area (Å²) in [6.45, 7) is 0. The molecule has 8 nitrogen and oxygen atoms in total. The van der Waals surface area contributed by atoms with Crippen LogP contribution >= 0.6 is 0 Å². The van der Waals surface area contributed by atoms with Crippen molar-refractivity contribution in [3.63, 3.8) is 0 Å². The summed E-state index contributed by atoms with van der Waals surface area (Å²) in [5.41, 5.74) is -0.181. The molecular formula is C10H6N6O2S. The van der Waals surface area contributed by atoms with Crippen LogP contribution in [0, 0.1) is 22.7 Å². The van der Waals surface area contributed by atoms with E-state index in [0.717, 1.165) is 0 Å². The molecule has 9 heteroatoms. The molecular weight excluding hydrogens is 268 g/mol. The van der Waals surface area contributed by atoms with Crippen LogP contribution in [-0.4, -0.2) is 23.6 Å². The maximum atomic E-state index is 12.1. The molecule has 0 fully saturated rings. The zero-order chi connectivity index (χ0) is 13.9. The molecule has 0 radical (unpaired) electrons. The maximum absolute atomic E-state index is 12.1. The van der Waals surface area contributed by atoms with Gasteiger partial charge in [-0.25, -0.2) is 13.4 Å². The molecule has 0 amide bonds. The minimum absolute atomic E-state index is 0.0472. The first-order chi connectivity index (χ1) is 9.08. The standard InChI is InChI=1S/C10H6N6O2S/c11-4-7-6-14-15-10(7)16-19(17,18)9-2-1-3-13-8(9)5-12/h1-3,6H,(H2,14,15,16). The molecule has 2 N–H and O–H groups in total. The Morgan fingerprint density at radius 3 is 2.79 bits per heavy atom. The van der Waals surface area contributed by atoms with Gasteiger partial charge in [-0.3, -0.25) is 9.82 Å². The Balaban J connectivity index is 2.45. The van der Waals surface area contributed by atoms with Crippen LogP contribution in [0.5, 0.6) is 0 Å². The van der Waals surface area contributed by atoms with Gasteiger partial charge in [-0.1, -0.05) is 0 Å². The fourth-order valence-corrected chi connectivity index (χ4v) is 2.47. The predicted molar refractivity (Wildman–Crippen MR) is 63.1 cm³/mol. The van der Waals surface area contributed by atoms with Crippen LogP contribution in [0.4, 0.5) is 5.82 Å². The average Bonchev–Trinajstić information content (AvgIpc) is 2.85. The number of aromatic amines is 1. The highest BCUT2D eigenvalue weighted by Crippen LogP contribution is 2.18. The molecule has 0 unspecified atom stereocenters. The first-order valence-electron chi connectivity index (χ1n) is 4.90. The Hall–Kier alpha value is -2.91. The van der Waals surface area contributed by atoms with E-state index in [9.17, 15) is 8.42 Å². The highest BCUT2D eigenvalue weighted by atomic mass is 32.2. The molecule has 2 heterocycles. The molecule has 2 rings (SSSR count). The minimum Gasteiger partial charge on any atom is -0.263 e. The zero-order valence-electron chi connectivity index (χ0n) is 9.32. The fraction of sp³-hybridized carbons (Fsp3) is 0. The highest BCUT2D eigenvalue weighted by Gasteiger charge is 2.21. The molecule has 0 aliphatic rings. The van der Waals surface area contributed by atoms with Gasteiger partial charge in [-0.2, -0.15) is 15.6 Å². The van der Waals surface area contributed by atoms with Gasteiger partial charge in [0.25, 0.3) is 10.0 Å². The van der Waals surface area contributed by atoms with Crippen LogP contribution in [0.1, 0.15) is 11.3 Å². The van der Waals surface area contributed by atoms with Crippen molar-refractivity contribution in [2.45, 2.75) is 4.90 Å². The largest absolute Gasteiger partial charge is 0.265 e. The number of hydrogen-bond acceptors (Lipinski definition) is 6. The van der Waals surface area contributed by atoms with Crippen molar-refractivity contribution in [1.29, 1.82) is 10.5 Å². The summed E-state index contributed by atoms with van der Waals surface area (Å²) < 4.78 is 26.3. The Labute approximate surface area is 108 Å². The smallest absolute Gasteiger partial charge is 0.263 e. The van der Waals surface area contributed by atoms with Crippen LogP contribution in [0.15, 0.2) is 29.4 Å². The first kappa shape index (κ1) is 12.5. The summed E-state index contributed by atoms with van der Waals surface area (Å²) in [4.78, 5) is 3.40. The number of anilines is 1. The van der Waals surface area contributed by atoms with E-state index >= 15 is 0 Å². The van der Waals surface area contributed by atoms with Gasteiger partial charge in [0.2, 0.25) is 0 Å². The van der Waals surface area contributed by atoms with Gasteiger partial charge in [-0.05, 0) is 12.1 Å². The van der Waals surface area contributed by atoms with Crippen LogP contribution in [0.25, 0.3) is 0 Å². The molecule has 2 aromatic rings. The van der Waals surface area contributed by atoms with Crippen molar-refractivity contribution in [1.82, 2.24) is 15.2 Å². The summed E-state index contributed by atoms with van der Waals surface area (Å²) in [6, 6.07) is 6.11. The number of hydrogen-bond donors (Lipinski definition) is 2. The molecule has 0 bridgehead atoms. The molecule has 0 saturated heterocycles. The lowest BCUT2D eigenvalue weighted by molar-refractivity contribution is 0.600. The van der Waals surface area contributed by atoms with Crippen molar-refractivity contribution in [3.05, 3.63) is 35.8 Å². The van der Waals surface area contributed by atoms with E-state index in [4.69, 9.17) is 10.5 Å². The molecule has 0 aliphatic carbocycles. The minimum atomic E-state index is -4.02. The van der Waals surface area contributed by atoms with Crippen molar-refractivity contribution in [2.75, 3.05) is 4.72 Å². The number of rotatable bonds is 3. The summed E-state index contributed by atoms with van der Waals surface area (Å²) in [5.74, 6) is -0.0600. The van der Waals surface area contributed by atoms with E-state index in [2.05, 4.69) is 19.9 Å². The van der Waals surface area contributed by atoms with Crippen molar-refractivity contribution >= 4 is 15.8 Å². The number of nitriles is 2. The molecule has 19 heavy (non-hydrogen) atoms. The van der Waals surface area contributed by atoms with Gasteiger partial charge in [0, 0.05) is 6.20 Å². The Kier molecular flexibility index (Phi) is 3.14. The van der Waals surface area contributed by atoms with Gasteiger partial charge < -0.3 is 0 Å². The van der Waals surface area contributed by atoms with E-state index < -0.39 is 10.0 Å². The van der Waals surface area contributed by atoms with Gasteiger partial charge in [0.15, 0.2) is 11.5 Å². The van der Waals surface area contributed by atoms with Crippen molar-refractivity contribution in [3.8, 4) is 12.1 Å². The van der Waals surface area contributed by atoms with Gasteiger partial charge in [-0.15, -0.1) is 0 Å². The van der Waals surface area contributed by atoms with E-state index in [0.29, 0.717) is 0 Å². The van der Waals surface area contributed by atoms with E-state index in [1.807, 2.05) is 0 Å².